The van der Waals surface area contributed by atoms with Gasteiger partial charge in [0.2, 0.25) is 0 Å². The molecule has 0 fully saturated rings. The first-order chi connectivity index (χ1) is 7.95. The largest absolute Gasteiger partial charge is 0.466 e. The van der Waals surface area contributed by atoms with Crippen LogP contribution >= 0.6 is 0 Å². The van der Waals surface area contributed by atoms with E-state index in [9.17, 15) is 4.79 Å². The molecule has 17 heavy (non-hydrogen) atoms. The zero-order chi connectivity index (χ0) is 14.1. The van der Waals surface area contributed by atoms with Crippen molar-refractivity contribution in [3.05, 3.63) is 0 Å². The second-order valence-electron chi connectivity index (χ2n) is 3.01. The van der Waals surface area contributed by atoms with E-state index in [0.29, 0.717) is 13.2 Å². The van der Waals surface area contributed by atoms with Gasteiger partial charge in [-0.1, -0.05) is 0 Å². The maximum atomic E-state index is 9.82. The summed E-state index contributed by atoms with van der Waals surface area (Å²) in [4.78, 5) is 9.82. The third-order valence-corrected chi connectivity index (χ3v) is 1.16. The Balaban J connectivity index is -0.000000174. The Morgan fingerprint density at radius 3 is 1.65 bits per heavy atom. The molecule has 0 aromatic rings. The number of hydrogen-bond donors (Lipinski definition) is 1. The van der Waals surface area contributed by atoms with E-state index in [1.54, 1.807) is 21.0 Å². The van der Waals surface area contributed by atoms with E-state index in [-0.39, 0.29) is 12.1 Å². The minimum Gasteiger partial charge on any atom is -0.466 e. The summed E-state index contributed by atoms with van der Waals surface area (Å²) in [6.45, 7) is 11.4. The van der Waals surface area contributed by atoms with E-state index in [2.05, 4.69) is 9.47 Å². The number of ether oxygens (including phenoxy) is 3. The van der Waals surface area contributed by atoms with Crippen LogP contribution in [-0.4, -0.2) is 50.7 Å². The lowest BCUT2D eigenvalue weighted by Crippen LogP contribution is -2.07. The predicted octanol–water partition coefficient (Wildman–Crippen LogP) is 1.63. The number of aliphatic hydroxyl groups excluding tert-OH is 1. The molecule has 1 unspecified atom stereocenters. The third-order valence-electron chi connectivity index (χ3n) is 1.16. The van der Waals surface area contributed by atoms with Crippen molar-refractivity contribution in [2.75, 3.05) is 33.5 Å². The molecular weight excluding hydrogens is 224 g/mol. The topological polar surface area (TPSA) is 65.0 Å². The van der Waals surface area contributed by atoms with E-state index < -0.39 is 0 Å². The van der Waals surface area contributed by atoms with Crippen LogP contribution in [0.25, 0.3) is 0 Å². The second kappa shape index (κ2) is 20.7. The number of hydrogen-bond acceptors (Lipinski definition) is 5. The average molecular weight is 252 g/mol. The molecule has 0 aromatic carbocycles. The Kier molecular flexibility index (Phi) is 26.4. The van der Waals surface area contributed by atoms with Crippen molar-refractivity contribution >= 4 is 5.97 Å². The summed E-state index contributed by atoms with van der Waals surface area (Å²) in [5, 5.41) is 8.43. The van der Waals surface area contributed by atoms with Crippen LogP contribution in [-0.2, 0) is 19.0 Å². The maximum Gasteiger partial charge on any atom is 0.302 e. The summed E-state index contributed by atoms with van der Waals surface area (Å²) in [5.74, 6) is -0.211. The molecule has 5 nitrogen and oxygen atoms in total. The molecule has 0 radical (unpaired) electrons. The highest BCUT2D eigenvalue weighted by molar-refractivity contribution is 5.65. The van der Waals surface area contributed by atoms with E-state index in [4.69, 9.17) is 9.84 Å². The predicted molar refractivity (Wildman–Crippen MR) is 68.0 cm³/mol. The lowest BCUT2D eigenvalue weighted by molar-refractivity contribution is -0.140. The Bertz CT molecular complexity index is 135. The normalized spacial score (nSPS) is 10.3. The molecule has 0 aliphatic rings. The molecule has 0 saturated heterocycles. The molecule has 0 saturated carbocycles. The number of carbonyl (C=O) groups excluding carboxylic acids is 1. The quantitative estimate of drug-likeness (QED) is 0.753. The van der Waals surface area contributed by atoms with Crippen molar-refractivity contribution in [3.8, 4) is 0 Å². The lowest BCUT2D eigenvalue weighted by Gasteiger charge is -1.97. The van der Waals surface area contributed by atoms with Crippen LogP contribution in [0, 0.1) is 0 Å². The number of aliphatic hydroxyl groups is 1. The van der Waals surface area contributed by atoms with Gasteiger partial charge in [0.15, 0.2) is 0 Å². The van der Waals surface area contributed by atoms with Crippen molar-refractivity contribution in [1.29, 1.82) is 0 Å². The molecule has 1 N–H and O–H groups in total. The number of rotatable bonds is 5. The van der Waals surface area contributed by atoms with E-state index in [0.717, 1.165) is 13.2 Å². The highest BCUT2D eigenvalue weighted by Gasteiger charge is 1.87. The molecule has 106 valence electrons. The van der Waals surface area contributed by atoms with Crippen LogP contribution in [0.3, 0.4) is 0 Å². The average Bonchev–Trinajstić information content (AvgIpc) is 2.20. The van der Waals surface area contributed by atoms with Gasteiger partial charge in [0.05, 0.1) is 19.3 Å². The van der Waals surface area contributed by atoms with Gasteiger partial charge in [0, 0.05) is 27.2 Å². The first-order valence-corrected chi connectivity index (χ1v) is 5.84. The van der Waals surface area contributed by atoms with Crippen LogP contribution in [0.4, 0.5) is 0 Å². The van der Waals surface area contributed by atoms with E-state index >= 15 is 0 Å². The van der Waals surface area contributed by atoms with E-state index in [1.807, 2.05) is 13.8 Å². The summed E-state index contributed by atoms with van der Waals surface area (Å²) in [6.07, 6.45) is -0.324. The van der Waals surface area contributed by atoms with Crippen molar-refractivity contribution in [1.82, 2.24) is 0 Å². The molecule has 1 atom stereocenters. The van der Waals surface area contributed by atoms with Gasteiger partial charge >= 0.3 is 5.97 Å². The smallest absolute Gasteiger partial charge is 0.302 e. The molecule has 0 rings (SSSR count). The monoisotopic (exact) mass is 252 g/mol. The fourth-order valence-electron chi connectivity index (χ4n) is 0.649. The molecule has 0 spiro atoms. The molecule has 0 heterocycles. The van der Waals surface area contributed by atoms with Crippen molar-refractivity contribution in [2.45, 2.75) is 40.7 Å². The lowest BCUT2D eigenvalue weighted by atomic mass is 10.5. The molecule has 0 aromatic heterocycles. The van der Waals surface area contributed by atoms with Gasteiger partial charge in [-0.15, -0.1) is 0 Å². The van der Waals surface area contributed by atoms with Crippen molar-refractivity contribution in [2.24, 2.45) is 0 Å². The van der Waals surface area contributed by atoms with Gasteiger partial charge in [-0.25, -0.2) is 0 Å². The van der Waals surface area contributed by atoms with Gasteiger partial charge < -0.3 is 19.3 Å². The standard InChI is InChI=1S/C4H10O2.C4H8O2.C4H10O/c1-4(5)3-6-2;1-3-6-4(2)5;1-3-5-4-2/h4-5H,3H2,1-2H3;3H2,1-2H3;3-4H2,1-2H3. The molecule has 0 aliphatic carbocycles. The second-order valence-corrected chi connectivity index (χ2v) is 3.01. The molecule has 0 aliphatic heterocycles. The Labute approximate surface area is 105 Å². The fourth-order valence-corrected chi connectivity index (χ4v) is 0.649. The van der Waals surface area contributed by atoms with Crippen LogP contribution in [0.1, 0.15) is 34.6 Å². The zero-order valence-corrected chi connectivity index (χ0v) is 12.0. The van der Waals surface area contributed by atoms with Gasteiger partial charge in [-0.05, 0) is 27.7 Å². The number of carbonyl (C=O) groups is 1. The third kappa shape index (κ3) is 50.6. The van der Waals surface area contributed by atoms with Crippen LogP contribution in [0.5, 0.6) is 0 Å². The van der Waals surface area contributed by atoms with Gasteiger partial charge in [0.1, 0.15) is 0 Å². The number of methoxy groups -OCH3 is 1. The van der Waals surface area contributed by atoms with Gasteiger partial charge in [-0.2, -0.15) is 0 Å². The van der Waals surface area contributed by atoms with Crippen molar-refractivity contribution in [3.63, 3.8) is 0 Å². The van der Waals surface area contributed by atoms with Gasteiger partial charge in [-0.3, -0.25) is 4.79 Å². The zero-order valence-electron chi connectivity index (χ0n) is 12.0. The first-order valence-electron chi connectivity index (χ1n) is 5.84. The summed E-state index contributed by atoms with van der Waals surface area (Å²) in [6, 6.07) is 0. The Morgan fingerprint density at radius 1 is 1.18 bits per heavy atom. The maximum absolute atomic E-state index is 9.82. The SMILES string of the molecule is CCOC(C)=O.CCOCC.COCC(C)O. The first kappa shape index (κ1) is 21.6. The van der Waals surface area contributed by atoms with Gasteiger partial charge in [0.25, 0.3) is 0 Å². The molecule has 0 bridgehead atoms. The highest BCUT2D eigenvalue weighted by atomic mass is 16.5. The highest BCUT2D eigenvalue weighted by Crippen LogP contribution is 1.75. The van der Waals surface area contributed by atoms with Crippen LogP contribution in [0.2, 0.25) is 0 Å². The van der Waals surface area contributed by atoms with Crippen molar-refractivity contribution < 1.29 is 24.1 Å². The van der Waals surface area contributed by atoms with Crippen LogP contribution < -0.4 is 0 Å². The van der Waals surface area contributed by atoms with Crippen LogP contribution in [0.15, 0.2) is 0 Å². The molecular formula is C12H28O5. The minimum absolute atomic E-state index is 0.211. The van der Waals surface area contributed by atoms with E-state index in [1.165, 1.54) is 6.92 Å². The Hall–Kier alpha value is -0.650. The summed E-state index contributed by atoms with van der Waals surface area (Å²) in [7, 11) is 1.56. The molecule has 0 amide bonds. The summed E-state index contributed by atoms with van der Waals surface area (Å²) >= 11 is 0. The number of esters is 1. The Morgan fingerprint density at radius 2 is 1.65 bits per heavy atom. The fraction of sp³-hybridized carbons (Fsp3) is 0.917. The molecule has 5 heteroatoms. The minimum atomic E-state index is -0.324. The summed E-state index contributed by atoms with van der Waals surface area (Å²) < 4.78 is 13.8. The summed E-state index contributed by atoms with van der Waals surface area (Å²) in [5.41, 5.74) is 0.